The number of aliphatic hydroxyl groups is 4. The largest absolute Gasteiger partial charge is 0.394 e. The molecule has 10 nitrogen and oxygen atoms in total. The molecule has 0 spiro atoms. The van der Waals surface area contributed by atoms with E-state index in [4.69, 9.17) is 4.74 Å². The van der Waals surface area contributed by atoms with E-state index in [0.29, 0.717) is 19.4 Å². The number of rotatable bonds is 8. The molecule has 210 valence electrons. The van der Waals surface area contributed by atoms with Gasteiger partial charge in [-0.2, -0.15) is 0 Å². The van der Waals surface area contributed by atoms with Crippen LogP contribution in [0, 0.1) is 17.5 Å². The fourth-order valence-electron chi connectivity index (χ4n) is 4.91. The molecule has 0 bridgehead atoms. The van der Waals surface area contributed by atoms with Crippen LogP contribution in [-0.4, -0.2) is 101 Å². The highest BCUT2D eigenvalue weighted by atomic mass is 32.2. The topological polar surface area (TPSA) is 141 Å². The van der Waals surface area contributed by atoms with Crippen LogP contribution in [0.15, 0.2) is 18.3 Å². The van der Waals surface area contributed by atoms with Crippen LogP contribution < -0.4 is 0 Å². The molecule has 2 heterocycles. The Morgan fingerprint density at radius 3 is 2.45 bits per heavy atom. The van der Waals surface area contributed by atoms with Crippen molar-refractivity contribution in [1.29, 1.82) is 0 Å². The molecule has 38 heavy (non-hydrogen) atoms. The minimum atomic E-state index is -1.64. The summed E-state index contributed by atoms with van der Waals surface area (Å²) in [5.41, 5.74) is -2.68. The van der Waals surface area contributed by atoms with E-state index in [1.165, 1.54) is 11.1 Å². The molecule has 0 radical (unpaired) electrons. The molecular formula is C24H31F3N4O6S. The van der Waals surface area contributed by atoms with E-state index in [2.05, 4.69) is 10.3 Å². The van der Waals surface area contributed by atoms with E-state index in [0.717, 1.165) is 41.4 Å². The normalized spacial score (nSPS) is 27.9. The first-order chi connectivity index (χ1) is 18.0. The SMILES string of the molecule is CCN(C)C(=O)C(S[C@@H]1O[C@H](CO)[C@H](O)[C@H](n2cc(-c3cc(F)c(F)c(F)c3)nn2)[C@H]1O)C1(O)CCCC1. The lowest BCUT2D eigenvalue weighted by Gasteiger charge is -2.44. The molecule has 6 atom stereocenters. The minimum Gasteiger partial charge on any atom is -0.394 e. The molecule has 1 saturated carbocycles. The Morgan fingerprint density at radius 2 is 1.87 bits per heavy atom. The second-order valence-electron chi connectivity index (χ2n) is 9.71. The van der Waals surface area contributed by atoms with Gasteiger partial charge in [0.25, 0.3) is 0 Å². The minimum absolute atomic E-state index is 0.0589. The van der Waals surface area contributed by atoms with Gasteiger partial charge >= 0.3 is 0 Å². The first-order valence-corrected chi connectivity index (χ1v) is 13.3. The lowest BCUT2D eigenvalue weighted by Crippen LogP contribution is -2.57. The van der Waals surface area contributed by atoms with Gasteiger partial charge in [0.05, 0.1) is 18.4 Å². The lowest BCUT2D eigenvalue weighted by atomic mass is 9.96. The Labute approximate surface area is 221 Å². The molecule has 1 unspecified atom stereocenters. The Kier molecular flexibility index (Phi) is 8.69. The Bertz CT molecular complexity index is 1130. The van der Waals surface area contributed by atoms with Gasteiger partial charge in [0.15, 0.2) is 17.5 Å². The summed E-state index contributed by atoms with van der Waals surface area (Å²) in [6.07, 6.45) is -0.705. The van der Waals surface area contributed by atoms with Gasteiger partial charge in [0.2, 0.25) is 5.91 Å². The molecule has 4 N–H and O–H groups in total. The zero-order valence-electron chi connectivity index (χ0n) is 20.9. The van der Waals surface area contributed by atoms with Crippen molar-refractivity contribution in [2.75, 3.05) is 20.2 Å². The predicted molar refractivity (Wildman–Crippen MR) is 130 cm³/mol. The summed E-state index contributed by atoms with van der Waals surface area (Å²) < 4.78 is 47.7. The summed E-state index contributed by atoms with van der Waals surface area (Å²) >= 11 is 0.912. The summed E-state index contributed by atoms with van der Waals surface area (Å²) in [5.74, 6) is -4.82. The first-order valence-electron chi connectivity index (χ1n) is 12.3. The standard InChI is InChI=1S/C24H31F3N4O6S/c1-3-30(2)22(35)21(24(36)6-4-5-7-24)38-23-20(34)18(19(33)16(11-32)37-23)31-10-15(28-29-31)12-8-13(25)17(27)14(26)9-12/h8-10,16,18-21,23,32-34,36H,3-7,11H2,1-2H3/t16-,18+,19+,20-,21?,23+/m1/s1. The van der Waals surface area contributed by atoms with E-state index in [9.17, 15) is 38.4 Å². The van der Waals surface area contributed by atoms with Crippen molar-refractivity contribution in [1.82, 2.24) is 19.9 Å². The summed E-state index contributed by atoms with van der Waals surface area (Å²) in [6.45, 7) is 1.56. The lowest BCUT2D eigenvalue weighted by molar-refractivity contribution is -0.179. The van der Waals surface area contributed by atoms with Crippen LogP contribution in [0.1, 0.15) is 38.6 Å². The number of carbonyl (C=O) groups is 1. The van der Waals surface area contributed by atoms with Crippen LogP contribution in [0.4, 0.5) is 13.2 Å². The molecule has 1 aliphatic heterocycles. The molecule has 1 aromatic heterocycles. The maximum Gasteiger partial charge on any atom is 0.238 e. The number of aromatic nitrogens is 3. The third kappa shape index (κ3) is 5.42. The van der Waals surface area contributed by atoms with Gasteiger partial charge in [-0.1, -0.05) is 18.1 Å². The van der Waals surface area contributed by atoms with E-state index >= 15 is 0 Å². The van der Waals surface area contributed by atoms with E-state index in [1.807, 2.05) is 0 Å². The highest BCUT2D eigenvalue weighted by Gasteiger charge is 2.51. The second kappa shape index (κ2) is 11.5. The summed E-state index contributed by atoms with van der Waals surface area (Å²) in [4.78, 5) is 14.7. The number of ether oxygens (including phenoxy) is 1. The molecule has 2 fully saturated rings. The van der Waals surface area contributed by atoms with Crippen molar-refractivity contribution in [3.05, 3.63) is 35.8 Å². The number of hydrogen-bond donors (Lipinski definition) is 4. The zero-order chi connectivity index (χ0) is 27.8. The molecule has 1 aliphatic carbocycles. The van der Waals surface area contributed by atoms with Crippen LogP contribution >= 0.6 is 11.8 Å². The molecular weight excluding hydrogens is 529 g/mol. The number of carbonyl (C=O) groups excluding carboxylic acids is 1. The number of halogens is 3. The van der Waals surface area contributed by atoms with Gasteiger partial charge in [-0.05, 0) is 31.9 Å². The molecule has 1 aromatic carbocycles. The Hall–Kier alpha value is -2.23. The Balaban J connectivity index is 1.64. The third-order valence-corrected chi connectivity index (χ3v) is 8.82. The molecule has 14 heteroatoms. The van der Waals surface area contributed by atoms with Crippen molar-refractivity contribution in [3.63, 3.8) is 0 Å². The fraction of sp³-hybridized carbons (Fsp3) is 0.625. The highest BCUT2D eigenvalue weighted by Crippen LogP contribution is 2.44. The van der Waals surface area contributed by atoms with Gasteiger partial charge in [-0.15, -0.1) is 16.9 Å². The number of nitrogens with zero attached hydrogens (tertiary/aromatic N) is 4. The van der Waals surface area contributed by atoms with Gasteiger partial charge in [-0.3, -0.25) is 4.79 Å². The number of aliphatic hydroxyl groups excluding tert-OH is 3. The van der Waals surface area contributed by atoms with E-state index in [1.54, 1.807) is 14.0 Å². The maximum atomic E-state index is 13.7. The predicted octanol–water partition coefficient (Wildman–Crippen LogP) is 1.23. The van der Waals surface area contributed by atoms with Crippen molar-refractivity contribution in [2.45, 2.75) is 73.2 Å². The molecule has 1 saturated heterocycles. The van der Waals surface area contributed by atoms with Crippen LogP contribution in [0.5, 0.6) is 0 Å². The maximum absolute atomic E-state index is 13.7. The quantitative estimate of drug-likeness (QED) is 0.351. The number of thioether (sulfide) groups is 1. The van der Waals surface area contributed by atoms with E-state index in [-0.39, 0.29) is 17.2 Å². The average Bonchev–Trinajstić information content (AvgIpc) is 3.56. The Morgan fingerprint density at radius 1 is 1.24 bits per heavy atom. The van der Waals surface area contributed by atoms with Gasteiger partial charge in [0, 0.05) is 19.2 Å². The average molecular weight is 561 g/mol. The van der Waals surface area contributed by atoms with Crippen molar-refractivity contribution < 1.29 is 43.1 Å². The van der Waals surface area contributed by atoms with Gasteiger partial charge in [-0.25, -0.2) is 17.9 Å². The fourth-order valence-corrected chi connectivity index (χ4v) is 6.49. The van der Waals surface area contributed by atoms with Gasteiger partial charge < -0.3 is 30.1 Å². The molecule has 2 aromatic rings. The number of amides is 1. The van der Waals surface area contributed by atoms with Crippen molar-refractivity contribution in [2.24, 2.45) is 0 Å². The molecule has 2 aliphatic rings. The van der Waals surface area contributed by atoms with Gasteiger partial charge in [0.1, 0.15) is 40.7 Å². The van der Waals surface area contributed by atoms with Crippen molar-refractivity contribution in [3.8, 4) is 11.3 Å². The summed E-state index contributed by atoms with van der Waals surface area (Å²) in [6, 6.07) is 0.232. The smallest absolute Gasteiger partial charge is 0.238 e. The monoisotopic (exact) mass is 560 g/mol. The van der Waals surface area contributed by atoms with Crippen molar-refractivity contribution >= 4 is 17.7 Å². The van der Waals surface area contributed by atoms with Crippen LogP contribution in [0.25, 0.3) is 11.3 Å². The number of hydrogen-bond acceptors (Lipinski definition) is 9. The summed E-state index contributed by atoms with van der Waals surface area (Å²) in [5, 5.41) is 50.1. The van der Waals surface area contributed by atoms with Crippen LogP contribution in [-0.2, 0) is 9.53 Å². The number of benzene rings is 1. The molecule has 1 amide bonds. The van der Waals surface area contributed by atoms with Crippen LogP contribution in [0.3, 0.4) is 0 Å². The first kappa shape index (κ1) is 28.8. The zero-order valence-corrected chi connectivity index (χ0v) is 21.7. The second-order valence-corrected chi connectivity index (χ2v) is 10.9. The summed E-state index contributed by atoms with van der Waals surface area (Å²) in [7, 11) is 1.60. The highest BCUT2D eigenvalue weighted by molar-refractivity contribution is 8.01. The third-order valence-electron chi connectivity index (χ3n) is 7.25. The van der Waals surface area contributed by atoms with Crippen LogP contribution in [0.2, 0.25) is 0 Å². The molecule has 4 rings (SSSR count). The van der Waals surface area contributed by atoms with E-state index < -0.39 is 64.7 Å².